The highest BCUT2D eigenvalue weighted by molar-refractivity contribution is 7.89. The normalized spacial score (nSPS) is 16.5. The number of anilines is 1. The second-order valence-corrected chi connectivity index (χ2v) is 7.39. The zero-order valence-electron chi connectivity index (χ0n) is 14.7. The van der Waals surface area contributed by atoms with E-state index in [1.54, 1.807) is 0 Å². The molecule has 1 aromatic carbocycles. The first-order chi connectivity index (χ1) is 12.0. The predicted molar refractivity (Wildman–Crippen MR) is 98.8 cm³/mol. The lowest BCUT2D eigenvalue weighted by Crippen LogP contribution is -2.39. The Bertz CT molecular complexity index is 655. The van der Waals surface area contributed by atoms with Gasteiger partial charge < -0.3 is 14.8 Å². The Morgan fingerprint density at radius 3 is 2.56 bits per heavy atom. The van der Waals surface area contributed by atoms with Crippen LogP contribution in [0.2, 0.25) is 0 Å². The Morgan fingerprint density at radius 2 is 1.96 bits per heavy atom. The molecule has 1 aliphatic heterocycles. The predicted octanol–water partition coefficient (Wildman–Crippen LogP) is 0.735. The lowest BCUT2D eigenvalue weighted by atomic mass is 10.3. The molecule has 0 aliphatic carbocycles. The third kappa shape index (κ3) is 7.72. The fourth-order valence-electron chi connectivity index (χ4n) is 2.34. The molecule has 2 rings (SSSR count). The smallest absolute Gasteiger partial charge is 0.232 e. The van der Waals surface area contributed by atoms with Crippen molar-refractivity contribution in [3.63, 3.8) is 0 Å². The summed E-state index contributed by atoms with van der Waals surface area (Å²) in [6, 6.07) is 7.26. The number of nitrogens with zero attached hydrogens (tertiary/aromatic N) is 2. The van der Waals surface area contributed by atoms with Crippen LogP contribution < -0.4 is 14.8 Å². The van der Waals surface area contributed by atoms with Gasteiger partial charge in [0, 0.05) is 25.3 Å². The number of guanidine groups is 1. The van der Waals surface area contributed by atoms with Gasteiger partial charge in [0.05, 0.1) is 32.6 Å². The second kappa shape index (κ2) is 9.59. The van der Waals surface area contributed by atoms with E-state index in [0.717, 1.165) is 50.5 Å². The standard InChI is InChI=1S/C16H26N4O4S/c1-3-24-15-6-4-14(5-7-15)18-16(19-25(2,21)22)17-8-9-20-10-12-23-13-11-20/h4-7H,3,8-13H2,1-2H3,(H2,17,18,19). The highest BCUT2D eigenvalue weighted by Gasteiger charge is 2.11. The van der Waals surface area contributed by atoms with Gasteiger partial charge in [0.15, 0.2) is 0 Å². The molecule has 0 unspecified atom stereocenters. The fourth-order valence-corrected chi connectivity index (χ4v) is 2.81. The Morgan fingerprint density at radius 1 is 1.28 bits per heavy atom. The van der Waals surface area contributed by atoms with E-state index < -0.39 is 10.0 Å². The van der Waals surface area contributed by atoms with E-state index in [0.29, 0.717) is 13.2 Å². The third-order valence-electron chi connectivity index (χ3n) is 3.50. The lowest BCUT2D eigenvalue weighted by molar-refractivity contribution is 0.0394. The summed E-state index contributed by atoms with van der Waals surface area (Å²) in [5.41, 5.74) is 0.727. The molecule has 0 aromatic heterocycles. The molecule has 1 saturated heterocycles. The zero-order chi connectivity index (χ0) is 18.1. The van der Waals surface area contributed by atoms with Gasteiger partial charge >= 0.3 is 0 Å². The van der Waals surface area contributed by atoms with Crippen molar-refractivity contribution in [2.45, 2.75) is 6.92 Å². The van der Waals surface area contributed by atoms with Crippen LogP contribution in [0.5, 0.6) is 5.75 Å². The molecular weight excluding hydrogens is 344 g/mol. The fraction of sp³-hybridized carbons (Fsp3) is 0.562. The van der Waals surface area contributed by atoms with Crippen LogP contribution in [0.25, 0.3) is 0 Å². The van der Waals surface area contributed by atoms with Gasteiger partial charge in [0.2, 0.25) is 16.0 Å². The van der Waals surface area contributed by atoms with Crippen molar-refractivity contribution in [2.24, 2.45) is 4.99 Å². The number of rotatable bonds is 7. The number of hydrogen-bond acceptors (Lipinski definition) is 6. The van der Waals surface area contributed by atoms with Crippen molar-refractivity contribution >= 4 is 21.7 Å². The van der Waals surface area contributed by atoms with Crippen LogP contribution in [-0.2, 0) is 14.8 Å². The molecule has 9 heteroatoms. The van der Waals surface area contributed by atoms with E-state index in [1.165, 1.54) is 0 Å². The molecule has 0 radical (unpaired) electrons. The molecular formula is C16H26N4O4S. The zero-order valence-corrected chi connectivity index (χ0v) is 15.5. The summed E-state index contributed by atoms with van der Waals surface area (Å²) in [7, 11) is -3.42. The average Bonchev–Trinajstić information content (AvgIpc) is 2.56. The van der Waals surface area contributed by atoms with Gasteiger partial charge in [-0.2, -0.15) is 0 Å². The average molecular weight is 370 g/mol. The molecule has 0 saturated carbocycles. The Kier molecular flexibility index (Phi) is 7.48. The maximum absolute atomic E-state index is 11.6. The molecule has 1 fully saturated rings. The van der Waals surface area contributed by atoms with Crippen molar-refractivity contribution in [1.29, 1.82) is 0 Å². The van der Waals surface area contributed by atoms with Crippen molar-refractivity contribution in [3.05, 3.63) is 24.3 Å². The Labute approximate surface area is 149 Å². The van der Waals surface area contributed by atoms with Crippen LogP contribution in [0.3, 0.4) is 0 Å². The molecule has 8 nitrogen and oxygen atoms in total. The van der Waals surface area contributed by atoms with E-state index >= 15 is 0 Å². The molecule has 0 atom stereocenters. The summed E-state index contributed by atoms with van der Waals surface area (Å²) in [4.78, 5) is 6.60. The van der Waals surface area contributed by atoms with Gasteiger partial charge in [-0.1, -0.05) is 0 Å². The molecule has 25 heavy (non-hydrogen) atoms. The summed E-state index contributed by atoms with van der Waals surface area (Å²) in [6.45, 7) is 6.95. The summed E-state index contributed by atoms with van der Waals surface area (Å²) in [5, 5.41) is 3.00. The summed E-state index contributed by atoms with van der Waals surface area (Å²) in [5.74, 6) is 0.967. The topological polar surface area (TPSA) is 92.3 Å². The molecule has 1 aliphatic rings. The molecule has 1 aromatic rings. The lowest BCUT2D eigenvalue weighted by Gasteiger charge is -2.25. The van der Waals surface area contributed by atoms with Crippen LogP contribution in [-0.4, -0.2) is 71.5 Å². The number of hydrogen-bond donors (Lipinski definition) is 2. The maximum Gasteiger partial charge on any atom is 0.232 e. The first-order valence-corrected chi connectivity index (χ1v) is 10.2. The second-order valence-electron chi connectivity index (χ2n) is 5.64. The molecule has 140 valence electrons. The van der Waals surface area contributed by atoms with Crippen molar-refractivity contribution in [1.82, 2.24) is 9.62 Å². The molecule has 0 spiro atoms. The monoisotopic (exact) mass is 370 g/mol. The minimum Gasteiger partial charge on any atom is -0.494 e. The van der Waals surface area contributed by atoms with Crippen LogP contribution >= 0.6 is 0 Å². The van der Waals surface area contributed by atoms with Crippen molar-refractivity contribution < 1.29 is 17.9 Å². The Balaban J connectivity index is 1.97. The number of nitrogens with one attached hydrogen (secondary N) is 2. The number of ether oxygens (including phenoxy) is 2. The highest BCUT2D eigenvalue weighted by atomic mass is 32.2. The van der Waals surface area contributed by atoms with E-state index in [9.17, 15) is 8.42 Å². The molecule has 2 N–H and O–H groups in total. The summed E-state index contributed by atoms with van der Waals surface area (Å²) < 4.78 is 36.2. The summed E-state index contributed by atoms with van der Waals surface area (Å²) in [6.07, 6.45) is 1.10. The minimum atomic E-state index is -3.42. The third-order valence-corrected chi connectivity index (χ3v) is 4.06. The van der Waals surface area contributed by atoms with Gasteiger partial charge in [-0.05, 0) is 31.2 Å². The molecule has 0 bridgehead atoms. The highest BCUT2D eigenvalue weighted by Crippen LogP contribution is 2.15. The minimum absolute atomic E-state index is 0.208. The molecule has 0 amide bonds. The number of sulfonamides is 1. The van der Waals surface area contributed by atoms with Gasteiger partial charge in [0.25, 0.3) is 0 Å². The van der Waals surface area contributed by atoms with Crippen LogP contribution in [0.15, 0.2) is 29.3 Å². The van der Waals surface area contributed by atoms with Crippen LogP contribution in [0.1, 0.15) is 6.92 Å². The molecule has 1 heterocycles. The van der Waals surface area contributed by atoms with Gasteiger partial charge in [-0.25, -0.2) is 8.42 Å². The quantitative estimate of drug-likeness (QED) is 0.543. The van der Waals surface area contributed by atoms with Crippen LogP contribution in [0, 0.1) is 0 Å². The van der Waals surface area contributed by atoms with E-state index in [-0.39, 0.29) is 5.96 Å². The number of aliphatic imine (C=N–C) groups is 1. The first-order valence-electron chi connectivity index (χ1n) is 8.28. The van der Waals surface area contributed by atoms with Gasteiger partial charge in [-0.15, -0.1) is 0 Å². The summed E-state index contributed by atoms with van der Waals surface area (Å²) >= 11 is 0. The van der Waals surface area contributed by atoms with E-state index in [2.05, 4.69) is 19.9 Å². The maximum atomic E-state index is 11.6. The first kappa shape index (κ1) is 19.5. The van der Waals surface area contributed by atoms with E-state index in [1.807, 2.05) is 31.2 Å². The number of benzene rings is 1. The van der Waals surface area contributed by atoms with Crippen LogP contribution in [0.4, 0.5) is 5.69 Å². The Hall–Kier alpha value is -1.84. The van der Waals surface area contributed by atoms with Gasteiger partial charge in [0.1, 0.15) is 5.75 Å². The van der Waals surface area contributed by atoms with Gasteiger partial charge in [-0.3, -0.25) is 14.6 Å². The van der Waals surface area contributed by atoms with E-state index in [4.69, 9.17) is 9.47 Å². The largest absolute Gasteiger partial charge is 0.494 e. The SMILES string of the molecule is CCOc1ccc(NC(=NCCN2CCOCC2)NS(C)(=O)=O)cc1. The number of morpholine rings is 1. The van der Waals surface area contributed by atoms with Crippen molar-refractivity contribution in [3.8, 4) is 5.75 Å². The van der Waals surface area contributed by atoms with Crippen molar-refractivity contribution in [2.75, 3.05) is 57.6 Å².